The van der Waals surface area contributed by atoms with E-state index in [0.717, 1.165) is 12.8 Å². The molecule has 0 radical (unpaired) electrons. The van der Waals surface area contributed by atoms with E-state index in [1.165, 1.54) is 4.68 Å². The van der Waals surface area contributed by atoms with Crippen molar-refractivity contribution in [1.82, 2.24) is 14.8 Å². The first-order valence-electron chi connectivity index (χ1n) is 4.53. The first-order chi connectivity index (χ1) is 6.68. The van der Waals surface area contributed by atoms with Gasteiger partial charge in [-0.1, -0.05) is 0 Å². The lowest BCUT2D eigenvalue weighted by atomic mass is 10.3. The number of hydrogen-bond acceptors (Lipinski definition) is 5. The molecule has 1 atom stereocenters. The van der Waals surface area contributed by atoms with Crippen LogP contribution in [0.1, 0.15) is 24.8 Å². The van der Waals surface area contributed by atoms with Gasteiger partial charge in [-0.2, -0.15) is 14.8 Å². The molecule has 2 heterocycles. The Hall–Kier alpha value is -1.43. The highest BCUT2D eigenvalue weighted by Gasteiger charge is 2.20. The minimum Gasteiger partial charge on any atom is -0.382 e. The van der Waals surface area contributed by atoms with Gasteiger partial charge in [0.1, 0.15) is 5.69 Å². The van der Waals surface area contributed by atoms with Crippen LogP contribution in [0.2, 0.25) is 0 Å². The predicted octanol–water partition coefficient (Wildman–Crippen LogP) is -0.162. The number of anilines is 1. The van der Waals surface area contributed by atoms with E-state index in [4.69, 9.17) is 10.5 Å². The van der Waals surface area contributed by atoms with Crippen LogP contribution in [0.3, 0.4) is 0 Å². The molecule has 0 unspecified atom stereocenters. The number of aromatic nitrogens is 3. The van der Waals surface area contributed by atoms with E-state index in [1.54, 1.807) is 6.92 Å². The smallest absolute Gasteiger partial charge is 0.368 e. The second kappa shape index (κ2) is 3.38. The molecule has 0 bridgehead atoms. The predicted molar refractivity (Wildman–Crippen MR) is 49.7 cm³/mol. The van der Waals surface area contributed by atoms with E-state index in [9.17, 15) is 4.79 Å². The van der Waals surface area contributed by atoms with Crippen molar-refractivity contribution < 1.29 is 4.74 Å². The van der Waals surface area contributed by atoms with E-state index in [2.05, 4.69) is 10.1 Å². The molecule has 0 amide bonds. The maximum absolute atomic E-state index is 11.4. The molecular formula is C8H12N4O2. The van der Waals surface area contributed by atoms with Gasteiger partial charge in [-0.3, -0.25) is 0 Å². The molecule has 1 aromatic rings. The number of ether oxygens (including phenoxy) is 1. The van der Waals surface area contributed by atoms with Gasteiger partial charge in [-0.25, -0.2) is 4.79 Å². The van der Waals surface area contributed by atoms with E-state index in [1.807, 2.05) is 0 Å². The van der Waals surface area contributed by atoms with Gasteiger partial charge in [0.15, 0.2) is 12.0 Å². The maximum atomic E-state index is 11.4. The molecule has 14 heavy (non-hydrogen) atoms. The van der Waals surface area contributed by atoms with Gasteiger partial charge in [0.25, 0.3) is 0 Å². The summed E-state index contributed by atoms with van der Waals surface area (Å²) in [7, 11) is 0. The Labute approximate surface area is 80.7 Å². The summed E-state index contributed by atoms with van der Waals surface area (Å²) >= 11 is 0. The molecule has 1 aliphatic rings. The average Bonchev–Trinajstić information content (AvgIpc) is 2.64. The largest absolute Gasteiger partial charge is 0.382 e. The van der Waals surface area contributed by atoms with Crippen LogP contribution >= 0.6 is 0 Å². The molecule has 1 saturated heterocycles. The van der Waals surface area contributed by atoms with Gasteiger partial charge >= 0.3 is 5.69 Å². The Bertz CT molecular complexity index is 395. The van der Waals surface area contributed by atoms with Crippen molar-refractivity contribution in [1.29, 1.82) is 0 Å². The number of nitrogen functional groups attached to an aromatic ring is 1. The van der Waals surface area contributed by atoms with Crippen LogP contribution in [0, 0.1) is 6.92 Å². The summed E-state index contributed by atoms with van der Waals surface area (Å²) < 4.78 is 6.60. The SMILES string of the molecule is Cc1nn([C@@H]2CCCO2)c(=O)nc1N. The molecule has 1 aliphatic heterocycles. The van der Waals surface area contributed by atoms with Gasteiger partial charge in [0.2, 0.25) is 0 Å². The van der Waals surface area contributed by atoms with Gasteiger partial charge in [0, 0.05) is 6.61 Å². The number of nitrogens with two attached hydrogens (primary N) is 1. The lowest BCUT2D eigenvalue weighted by Gasteiger charge is -2.11. The number of hydrogen-bond donors (Lipinski definition) is 1. The molecule has 1 fully saturated rings. The Morgan fingerprint density at radius 3 is 3.07 bits per heavy atom. The van der Waals surface area contributed by atoms with Crippen molar-refractivity contribution >= 4 is 5.82 Å². The van der Waals surface area contributed by atoms with Gasteiger partial charge in [0.05, 0.1) is 0 Å². The Morgan fingerprint density at radius 1 is 1.64 bits per heavy atom. The highest BCUT2D eigenvalue weighted by atomic mass is 16.5. The lowest BCUT2D eigenvalue weighted by molar-refractivity contribution is 0.0411. The van der Waals surface area contributed by atoms with Crippen LogP contribution in [0.4, 0.5) is 5.82 Å². The van der Waals surface area contributed by atoms with E-state index in [-0.39, 0.29) is 12.0 Å². The van der Waals surface area contributed by atoms with Crippen molar-refractivity contribution in [2.45, 2.75) is 26.0 Å². The minimum absolute atomic E-state index is 0.184. The van der Waals surface area contributed by atoms with Crippen LogP contribution in [0.5, 0.6) is 0 Å². The zero-order valence-electron chi connectivity index (χ0n) is 7.93. The quantitative estimate of drug-likeness (QED) is 0.674. The summed E-state index contributed by atoms with van der Waals surface area (Å²) in [4.78, 5) is 15.1. The number of aryl methyl sites for hydroxylation is 1. The first kappa shape index (κ1) is 9.14. The summed E-state index contributed by atoms with van der Waals surface area (Å²) in [5.74, 6) is 0.184. The summed E-state index contributed by atoms with van der Waals surface area (Å²) in [6, 6.07) is 0. The van der Waals surface area contributed by atoms with E-state index >= 15 is 0 Å². The fourth-order valence-electron chi connectivity index (χ4n) is 1.43. The van der Waals surface area contributed by atoms with E-state index in [0.29, 0.717) is 12.3 Å². The standard InChI is InChI=1S/C8H12N4O2/c1-5-7(9)10-8(13)12(11-5)6-3-2-4-14-6/h6H,2-4H2,1H3,(H2,9,10,13)/t6-/m0/s1. The van der Waals surface area contributed by atoms with Crippen molar-refractivity contribution in [3.8, 4) is 0 Å². The zero-order valence-corrected chi connectivity index (χ0v) is 7.93. The second-order valence-electron chi connectivity index (χ2n) is 3.28. The maximum Gasteiger partial charge on any atom is 0.368 e. The zero-order chi connectivity index (χ0) is 10.1. The molecule has 2 rings (SSSR count). The monoisotopic (exact) mass is 196 g/mol. The van der Waals surface area contributed by atoms with Crippen molar-refractivity contribution in [2.24, 2.45) is 0 Å². The van der Waals surface area contributed by atoms with Gasteiger partial charge in [-0.05, 0) is 19.8 Å². The summed E-state index contributed by atoms with van der Waals surface area (Å²) in [5, 5.41) is 4.05. The average molecular weight is 196 g/mol. The summed E-state index contributed by atoms with van der Waals surface area (Å²) in [5.41, 5.74) is 5.57. The third-order valence-corrected chi connectivity index (χ3v) is 2.22. The summed E-state index contributed by atoms with van der Waals surface area (Å²) in [6.07, 6.45) is 1.48. The third kappa shape index (κ3) is 1.48. The van der Waals surface area contributed by atoms with Crippen molar-refractivity contribution in [3.05, 3.63) is 16.2 Å². The van der Waals surface area contributed by atoms with Crippen LogP contribution in [-0.4, -0.2) is 21.4 Å². The van der Waals surface area contributed by atoms with Crippen LogP contribution in [0.15, 0.2) is 4.79 Å². The number of rotatable bonds is 1. The van der Waals surface area contributed by atoms with E-state index < -0.39 is 5.69 Å². The van der Waals surface area contributed by atoms with Crippen molar-refractivity contribution in [2.75, 3.05) is 12.3 Å². The molecule has 76 valence electrons. The normalized spacial score (nSPS) is 21.4. The molecule has 0 spiro atoms. The van der Waals surface area contributed by atoms with Crippen LogP contribution in [0.25, 0.3) is 0 Å². The highest BCUT2D eigenvalue weighted by Crippen LogP contribution is 2.20. The molecule has 0 aliphatic carbocycles. The molecule has 2 N–H and O–H groups in total. The molecule has 0 saturated carbocycles. The van der Waals surface area contributed by atoms with Gasteiger partial charge in [-0.15, -0.1) is 0 Å². The molecule has 6 nitrogen and oxygen atoms in total. The Balaban J connectivity index is 2.42. The highest BCUT2D eigenvalue weighted by molar-refractivity contribution is 5.30. The Kier molecular flexibility index (Phi) is 2.20. The Morgan fingerprint density at radius 2 is 2.43 bits per heavy atom. The first-order valence-corrected chi connectivity index (χ1v) is 4.53. The molecule has 6 heteroatoms. The van der Waals surface area contributed by atoms with Gasteiger partial charge < -0.3 is 10.5 Å². The topological polar surface area (TPSA) is 83.0 Å². The van der Waals surface area contributed by atoms with Crippen molar-refractivity contribution in [3.63, 3.8) is 0 Å². The number of nitrogens with zero attached hydrogens (tertiary/aromatic N) is 3. The molecule has 0 aromatic carbocycles. The molecular weight excluding hydrogens is 184 g/mol. The van der Waals surface area contributed by atoms with Crippen LogP contribution in [-0.2, 0) is 4.74 Å². The molecule has 1 aromatic heterocycles. The minimum atomic E-state index is -0.444. The lowest BCUT2D eigenvalue weighted by Crippen LogP contribution is -2.30. The third-order valence-electron chi connectivity index (χ3n) is 2.22. The second-order valence-corrected chi connectivity index (χ2v) is 3.28. The fraction of sp³-hybridized carbons (Fsp3) is 0.625. The fourth-order valence-corrected chi connectivity index (χ4v) is 1.43. The summed E-state index contributed by atoms with van der Waals surface area (Å²) in [6.45, 7) is 2.38. The van der Waals surface area contributed by atoms with Crippen LogP contribution < -0.4 is 11.4 Å².